The van der Waals surface area contributed by atoms with Crippen LogP contribution in [0.3, 0.4) is 0 Å². The van der Waals surface area contributed by atoms with Crippen molar-refractivity contribution in [3.05, 3.63) is 46.3 Å². The summed E-state index contributed by atoms with van der Waals surface area (Å²) in [6.07, 6.45) is 2.81. The predicted molar refractivity (Wildman–Crippen MR) is 143 cm³/mol. The maximum absolute atomic E-state index is 13.9. The highest BCUT2D eigenvalue weighted by Crippen LogP contribution is 2.59. The number of methoxy groups -OCH3 is 1. The third kappa shape index (κ3) is 3.88. The number of hydrogen-bond donors (Lipinski definition) is 2. The van der Waals surface area contributed by atoms with Crippen LogP contribution in [0.2, 0.25) is 5.02 Å². The Kier molecular flexibility index (Phi) is 5.53. The van der Waals surface area contributed by atoms with Crippen LogP contribution in [0.5, 0.6) is 5.75 Å². The number of likely N-dealkylation sites (tertiary alicyclic amines) is 1. The highest BCUT2D eigenvalue weighted by molar-refractivity contribution is 9.10. The molecule has 12 heteroatoms. The van der Waals surface area contributed by atoms with Crippen molar-refractivity contribution in [2.24, 2.45) is 5.41 Å². The van der Waals surface area contributed by atoms with Crippen LogP contribution in [-0.2, 0) is 16.1 Å². The van der Waals surface area contributed by atoms with Gasteiger partial charge in [0.2, 0.25) is 11.8 Å². The van der Waals surface area contributed by atoms with E-state index >= 15 is 0 Å². The van der Waals surface area contributed by atoms with Crippen LogP contribution in [-0.4, -0.2) is 55.4 Å². The van der Waals surface area contributed by atoms with Crippen LogP contribution in [0.15, 0.2) is 41.3 Å². The summed E-state index contributed by atoms with van der Waals surface area (Å²) in [4.78, 5) is 41.8. The first-order valence-corrected chi connectivity index (χ1v) is 12.9. The molecule has 3 atom stereocenters. The van der Waals surface area contributed by atoms with Crippen LogP contribution in [0.4, 0.5) is 11.6 Å². The number of nitrogens with one attached hydrogen (secondary N) is 1. The van der Waals surface area contributed by atoms with Gasteiger partial charge in [-0.15, -0.1) is 0 Å². The number of aromatic nitrogens is 4. The molecule has 1 aromatic carbocycles. The third-order valence-electron chi connectivity index (χ3n) is 7.40. The highest BCUT2D eigenvalue weighted by Gasteiger charge is 2.64. The van der Waals surface area contributed by atoms with Gasteiger partial charge in [0, 0.05) is 22.5 Å². The predicted octanol–water partition coefficient (Wildman–Crippen LogP) is 4.00. The topological polar surface area (TPSA) is 128 Å². The standard InChI is InChI=1S/C25H23BrClN7O3/c1-25-8-14(24(36)32-18-5-3-4-17(26)31-18)34(16(25)9-25)19(35)10-33-21-13(6-12(27)7-15(21)37-2)20-22(28)29-11-30-23(20)33/h3-7,11,14,16H,8-10H2,1-2H3,(H2,28,29,30)(H,31,32,36)/t14-,16?,25-/m0/s1. The molecular weight excluding hydrogens is 562 g/mol. The molecule has 10 nitrogen and oxygen atoms in total. The van der Waals surface area contributed by atoms with E-state index in [2.05, 4.69) is 43.1 Å². The normalized spacial score (nSPS) is 22.3. The molecule has 0 bridgehead atoms. The largest absolute Gasteiger partial charge is 0.494 e. The summed E-state index contributed by atoms with van der Waals surface area (Å²) in [5, 5.41) is 4.62. The Labute approximate surface area is 225 Å². The average Bonchev–Trinajstić information content (AvgIpc) is 3.26. The van der Waals surface area contributed by atoms with Gasteiger partial charge < -0.3 is 25.3 Å². The minimum atomic E-state index is -0.610. The van der Waals surface area contributed by atoms with E-state index < -0.39 is 6.04 Å². The summed E-state index contributed by atoms with van der Waals surface area (Å²) < 4.78 is 7.99. The first-order valence-electron chi connectivity index (χ1n) is 11.7. The molecular formula is C25H23BrClN7O3. The molecule has 1 saturated carbocycles. The van der Waals surface area contributed by atoms with Crippen molar-refractivity contribution >= 4 is 72.9 Å². The van der Waals surface area contributed by atoms with Gasteiger partial charge in [-0.1, -0.05) is 24.6 Å². The van der Waals surface area contributed by atoms with E-state index in [1.165, 1.54) is 13.4 Å². The molecule has 1 saturated heterocycles. The van der Waals surface area contributed by atoms with Crippen molar-refractivity contribution in [2.45, 2.75) is 38.4 Å². The van der Waals surface area contributed by atoms with E-state index in [0.717, 1.165) is 6.42 Å². The maximum Gasteiger partial charge on any atom is 0.248 e. The molecule has 3 aromatic heterocycles. The minimum absolute atomic E-state index is 0.00431. The first-order chi connectivity index (χ1) is 17.7. The zero-order valence-corrected chi connectivity index (χ0v) is 22.4. The fourth-order valence-corrected chi connectivity index (χ4v) is 6.13. The average molecular weight is 585 g/mol. The minimum Gasteiger partial charge on any atom is -0.494 e. The molecule has 1 unspecified atom stereocenters. The van der Waals surface area contributed by atoms with E-state index in [9.17, 15) is 9.59 Å². The molecule has 2 aliphatic rings. The lowest BCUT2D eigenvalue weighted by molar-refractivity contribution is -0.138. The monoisotopic (exact) mass is 583 g/mol. The second-order valence-corrected chi connectivity index (χ2v) is 11.0. The molecule has 2 fully saturated rings. The number of amides is 2. The van der Waals surface area contributed by atoms with Crippen molar-refractivity contribution < 1.29 is 14.3 Å². The number of nitrogens with zero attached hydrogens (tertiary/aromatic N) is 5. The number of nitrogens with two attached hydrogens (primary N) is 1. The molecule has 2 amide bonds. The second-order valence-electron chi connectivity index (χ2n) is 9.78. The van der Waals surface area contributed by atoms with Gasteiger partial charge >= 0.3 is 0 Å². The van der Waals surface area contributed by atoms with E-state index in [0.29, 0.717) is 49.6 Å². The molecule has 0 spiro atoms. The number of piperidine rings is 1. The van der Waals surface area contributed by atoms with E-state index in [-0.39, 0.29) is 35.6 Å². The maximum atomic E-state index is 13.9. The molecule has 1 aliphatic carbocycles. The lowest BCUT2D eigenvalue weighted by Gasteiger charge is -2.27. The Morgan fingerprint density at radius 1 is 1.30 bits per heavy atom. The van der Waals surface area contributed by atoms with Crippen molar-refractivity contribution in [3.63, 3.8) is 0 Å². The van der Waals surface area contributed by atoms with Gasteiger partial charge in [0.15, 0.2) is 0 Å². The fraction of sp³-hybridized carbons (Fsp3) is 0.320. The fourth-order valence-electron chi connectivity index (χ4n) is 5.58. The third-order valence-corrected chi connectivity index (χ3v) is 8.06. The number of benzene rings is 1. The van der Waals surface area contributed by atoms with Crippen molar-refractivity contribution in [1.82, 2.24) is 24.4 Å². The van der Waals surface area contributed by atoms with Gasteiger partial charge in [-0.2, -0.15) is 0 Å². The summed E-state index contributed by atoms with van der Waals surface area (Å²) in [5.41, 5.74) is 7.27. The number of anilines is 2. The van der Waals surface area contributed by atoms with Crippen LogP contribution < -0.4 is 15.8 Å². The van der Waals surface area contributed by atoms with E-state index in [1.54, 1.807) is 39.8 Å². The summed E-state index contributed by atoms with van der Waals surface area (Å²) >= 11 is 9.67. The highest BCUT2D eigenvalue weighted by atomic mass is 79.9. The molecule has 3 N–H and O–H groups in total. The lowest BCUT2D eigenvalue weighted by Crippen LogP contribution is -2.46. The molecule has 37 heavy (non-hydrogen) atoms. The lowest BCUT2D eigenvalue weighted by atomic mass is 10.0. The molecule has 1 aliphatic heterocycles. The number of hydrogen-bond acceptors (Lipinski definition) is 7. The molecule has 190 valence electrons. The molecule has 4 heterocycles. The number of ether oxygens (including phenoxy) is 1. The molecule has 6 rings (SSSR count). The number of rotatable bonds is 5. The Bertz CT molecular complexity index is 1610. The summed E-state index contributed by atoms with van der Waals surface area (Å²) in [7, 11) is 1.54. The van der Waals surface area contributed by atoms with Crippen LogP contribution in [0.25, 0.3) is 21.9 Å². The Hall–Kier alpha value is -3.44. The quantitative estimate of drug-likeness (QED) is 0.339. The van der Waals surface area contributed by atoms with Gasteiger partial charge in [0.05, 0.1) is 18.0 Å². The Morgan fingerprint density at radius 3 is 2.86 bits per heavy atom. The number of halogens is 2. The molecule has 0 radical (unpaired) electrons. The summed E-state index contributed by atoms with van der Waals surface area (Å²) in [6.45, 7) is 2.06. The summed E-state index contributed by atoms with van der Waals surface area (Å²) in [6, 6.07) is 8.11. The second kappa shape index (κ2) is 8.56. The van der Waals surface area contributed by atoms with Gasteiger partial charge in [-0.3, -0.25) is 9.59 Å². The number of carbonyl (C=O) groups excluding carboxylic acids is 2. The van der Waals surface area contributed by atoms with Gasteiger partial charge in [0.1, 0.15) is 46.5 Å². The van der Waals surface area contributed by atoms with Crippen LogP contribution in [0.1, 0.15) is 19.8 Å². The smallest absolute Gasteiger partial charge is 0.248 e. The Balaban J connectivity index is 1.38. The SMILES string of the molecule is COc1cc(Cl)cc2c3c(N)ncnc3n(CC(=O)N3C4C[C@]4(C)C[C@H]3C(=O)Nc3cccc(Br)n3)c12. The van der Waals surface area contributed by atoms with Crippen LogP contribution >= 0.6 is 27.5 Å². The van der Waals surface area contributed by atoms with Gasteiger partial charge in [-0.05, 0) is 52.4 Å². The number of fused-ring (bicyclic) bond motifs is 4. The Morgan fingerprint density at radius 2 is 2.11 bits per heavy atom. The van der Waals surface area contributed by atoms with Gasteiger partial charge in [0.25, 0.3) is 0 Å². The van der Waals surface area contributed by atoms with Crippen molar-refractivity contribution in [3.8, 4) is 5.75 Å². The zero-order chi connectivity index (χ0) is 26.1. The number of carbonyl (C=O) groups is 2. The van der Waals surface area contributed by atoms with Crippen LogP contribution in [0, 0.1) is 5.41 Å². The zero-order valence-electron chi connectivity index (χ0n) is 20.0. The summed E-state index contributed by atoms with van der Waals surface area (Å²) in [5.74, 6) is 0.737. The van der Waals surface area contributed by atoms with Crippen molar-refractivity contribution in [1.29, 1.82) is 0 Å². The molecule has 4 aromatic rings. The number of pyridine rings is 1. The van der Waals surface area contributed by atoms with Crippen molar-refractivity contribution in [2.75, 3.05) is 18.2 Å². The van der Waals surface area contributed by atoms with E-state index in [1.807, 2.05) is 0 Å². The first kappa shape index (κ1) is 23.9. The number of nitrogen functional groups attached to an aromatic ring is 1. The van der Waals surface area contributed by atoms with E-state index in [4.69, 9.17) is 22.1 Å². The van der Waals surface area contributed by atoms with Gasteiger partial charge in [-0.25, -0.2) is 15.0 Å².